The number of hydrogen-bond acceptors (Lipinski definition) is 4. The van der Waals surface area contributed by atoms with E-state index in [0.29, 0.717) is 5.56 Å². The molecule has 7 heteroatoms. The lowest BCUT2D eigenvalue weighted by Crippen LogP contribution is -2.06. The molecule has 0 aliphatic rings. The lowest BCUT2D eigenvalue weighted by atomic mass is 10.1. The zero-order valence-electron chi connectivity index (χ0n) is 9.62. The summed E-state index contributed by atoms with van der Waals surface area (Å²) in [6.07, 6.45) is 2.50. The smallest absolute Gasteiger partial charge is 0.505 e. The molecule has 0 amide bonds. The van der Waals surface area contributed by atoms with Gasteiger partial charge < -0.3 is 4.65 Å². The van der Waals surface area contributed by atoms with Gasteiger partial charge in [0.25, 0.3) is 0 Å². The Hall–Kier alpha value is -2.02. The van der Waals surface area contributed by atoms with Gasteiger partial charge in [-0.15, -0.1) is 11.3 Å². The third-order valence-corrected chi connectivity index (χ3v) is 2.97. The van der Waals surface area contributed by atoms with E-state index in [1.165, 1.54) is 6.20 Å². The molecular formula is C12H8BF2NO2S. The number of benzene rings is 1. The number of allylic oxidation sites excluding steroid dienone is 1. The maximum absolute atomic E-state index is 12.4. The van der Waals surface area contributed by atoms with Gasteiger partial charge in [-0.3, -0.25) is 4.79 Å². The molecule has 96 valence electrons. The molecule has 0 bridgehead atoms. The molecule has 1 aromatic carbocycles. The molecule has 0 unspecified atom stereocenters. The number of ketones is 1. The van der Waals surface area contributed by atoms with Gasteiger partial charge >= 0.3 is 7.47 Å². The van der Waals surface area contributed by atoms with Crippen molar-refractivity contribution in [1.29, 1.82) is 0 Å². The summed E-state index contributed by atoms with van der Waals surface area (Å²) in [5, 5.41) is 1.86. The number of carbonyl (C=O) groups is 1. The van der Waals surface area contributed by atoms with Crippen LogP contribution in [0.25, 0.3) is 5.76 Å². The first-order valence-electron chi connectivity index (χ1n) is 5.32. The fraction of sp³-hybridized carbons (Fsp3) is 0. The van der Waals surface area contributed by atoms with E-state index in [2.05, 4.69) is 9.64 Å². The number of carbonyl (C=O) groups excluding carboxylic acids is 1. The molecule has 1 aromatic heterocycles. The molecule has 0 saturated carbocycles. The fourth-order valence-electron chi connectivity index (χ4n) is 1.41. The van der Waals surface area contributed by atoms with E-state index in [1.54, 1.807) is 35.7 Å². The number of hydrogen-bond donors (Lipinski definition) is 0. The number of thiazole rings is 1. The average molecular weight is 279 g/mol. The van der Waals surface area contributed by atoms with Crippen LogP contribution in [0.5, 0.6) is 0 Å². The van der Waals surface area contributed by atoms with E-state index in [4.69, 9.17) is 0 Å². The van der Waals surface area contributed by atoms with Crippen LogP contribution in [-0.2, 0) is 4.65 Å². The Kier molecular flexibility index (Phi) is 4.41. The van der Waals surface area contributed by atoms with Gasteiger partial charge in [-0.2, -0.15) is 0 Å². The minimum atomic E-state index is -2.99. The van der Waals surface area contributed by atoms with Crippen molar-refractivity contribution < 1.29 is 18.1 Å². The summed E-state index contributed by atoms with van der Waals surface area (Å²) in [5.74, 6) is -0.634. The normalized spacial score (nSPS) is 11.2. The van der Waals surface area contributed by atoms with Crippen LogP contribution >= 0.6 is 11.3 Å². The summed E-state index contributed by atoms with van der Waals surface area (Å²) in [6, 6.07) is 8.26. The zero-order chi connectivity index (χ0) is 13.7. The SMILES string of the molecule is O=C(/C=C(\OB(F)F)c1ccccc1)c1nccs1. The van der Waals surface area contributed by atoms with Gasteiger partial charge in [-0.1, -0.05) is 30.3 Å². The van der Waals surface area contributed by atoms with E-state index in [0.717, 1.165) is 17.4 Å². The molecule has 0 fully saturated rings. The molecule has 2 aromatic rings. The van der Waals surface area contributed by atoms with E-state index in [-0.39, 0.29) is 10.8 Å². The monoisotopic (exact) mass is 279 g/mol. The van der Waals surface area contributed by atoms with Crippen LogP contribution in [-0.4, -0.2) is 18.2 Å². The Labute approximate surface area is 112 Å². The van der Waals surface area contributed by atoms with E-state index < -0.39 is 13.3 Å². The second-order valence-corrected chi connectivity index (χ2v) is 4.35. The van der Waals surface area contributed by atoms with Crippen LogP contribution in [0.2, 0.25) is 0 Å². The highest BCUT2D eigenvalue weighted by atomic mass is 32.1. The second kappa shape index (κ2) is 6.24. The van der Waals surface area contributed by atoms with Crippen LogP contribution in [0.4, 0.5) is 8.63 Å². The van der Waals surface area contributed by atoms with Crippen molar-refractivity contribution in [2.24, 2.45) is 0 Å². The summed E-state index contributed by atoms with van der Waals surface area (Å²) in [7, 11) is -2.99. The molecule has 0 radical (unpaired) electrons. The van der Waals surface area contributed by atoms with Crippen molar-refractivity contribution >= 4 is 30.3 Å². The molecular weight excluding hydrogens is 271 g/mol. The van der Waals surface area contributed by atoms with Crippen molar-refractivity contribution in [2.45, 2.75) is 0 Å². The van der Waals surface area contributed by atoms with Crippen molar-refractivity contribution in [3.8, 4) is 0 Å². The maximum atomic E-state index is 12.4. The molecule has 2 rings (SSSR count). The van der Waals surface area contributed by atoms with E-state index >= 15 is 0 Å². The minimum absolute atomic E-state index is 0.171. The predicted molar refractivity (Wildman–Crippen MR) is 69.9 cm³/mol. The highest BCUT2D eigenvalue weighted by molar-refractivity contribution is 7.11. The Bertz CT molecular complexity index is 573. The number of rotatable bonds is 5. The Morgan fingerprint density at radius 2 is 2.05 bits per heavy atom. The molecule has 1 heterocycles. The first-order chi connectivity index (χ1) is 9.16. The topological polar surface area (TPSA) is 39.2 Å². The Morgan fingerprint density at radius 3 is 2.63 bits per heavy atom. The van der Waals surface area contributed by atoms with Crippen molar-refractivity contribution in [3.05, 3.63) is 58.6 Å². The number of nitrogens with zero attached hydrogens (tertiary/aromatic N) is 1. The predicted octanol–water partition coefficient (Wildman–Crippen LogP) is 3.31. The van der Waals surface area contributed by atoms with Crippen molar-refractivity contribution in [1.82, 2.24) is 4.98 Å². The molecule has 0 aliphatic carbocycles. The van der Waals surface area contributed by atoms with Crippen LogP contribution in [0.3, 0.4) is 0 Å². The van der Waals surface area contributed by atoms with Gasteiger partial charge in [0.1, 0.15) is 5.76 Å². The third-order valence-electron chi connectivity index (χ3n) is 2.18. The maximum Gasteiger partial charge on any atom is 0.796 e. The first kappa shape index (κ1) is 13.4. The van der Waals surface area contributed by atoms with Crippen molar-refractivity contribution in [2.75, 3.05) is 0 Å². The average Bonchev–Trinajstić information content (AvgIpc) is 2.92. The van der Waals surface area contributed by atoms with Gasteiger partial charge in [0.15, 0.2) is 5.01 Å². The molecule has 0 aliphatic heterocycles. The van der Waals surface area contributed by atoms with Crippen LogP contribution in [0.1, 0.15) is 15.4 Å². The first-order valence-corrected chi connectivity index (χ1v) is 6.20. The number of aromatic nitrogens is 1. The lowest BCUT2D eigenvalue weighted by molar-refractivity contribution is 0.104. The van der Waals surface area contributed by atoms with E-state index in [1.807, 2.05) is 0 Å². The summed E-state index contributed by atoms with van der Waals surface area (Å²) in [5.41, 5.74) is 0.410. The molecule has 19 heavy (non-hydrogen) atoms. The minimum Gasteiger partial charge on any atom is -0.505 e. The van der Waals surface area contributed by atoms with Gasteiger partial charge in [0, 0.05) is 23.2 Å². The highest BCUT2D eigenvalue weighted by Gasteiger charge is 2.21. The molecule has 3 nitrogen and oxygen atoms in total. The summed E-state index contributed by atoms with van der Waals surface area (Å²) in [4.78, 5) is 15.6. The second-order valence-electron chi connectivity index (χ2n) is 3.45. The van der Waals surface area contributed by atoms with Gasteiger partial charge in [0.2, 0.25) is 5.78 Å². The van der Waals surface area contributed by atoms with Gasteiger partial charge in [-0.05, 0) is 0 Å². The van der Waals surface area contributed by atoms with Gasteiger partial charge in [-0.25, -0.2) is 13.6 Å². The van der Waals surface area contributed by atoms with Crippen molar-refractivity contribution in [3.63, 3.8) is 0 Å². The van der Waals surface area contributed by atoms with Crippen LogP contribution < -0.4 is 0 Å². The summed E-state index contributed by atoms with van der Waals surface area (Å²) in [6.45, 7) is 0. The van der Waals surface area contributed by atoms with Crippen LogP contribution in [0, 0.1) is 0 Å². The largest absolute Gasteiger partial charge is 0.796 e. The Balaban J connectivity index is 2.30. The molecule has 0 N–H and O–H groups in total. The summed E-state index contributed by atoms with van der Waals surface area (Å²) >= 11 is 1.14. The Morgan fingerprint density at radius 1 is 1.32 bits per heavy atom. The van der Waals surface area contributed by atoms with E-state index in [9.17, 15) is 13.4 Å². The van der Waals surface area contributed by atoms with Crippen LogP contribution in [0.15, 0.2) is 48.0 Å². The summed E-state index contributed by atoms with van der Waals surface area (Å²) < 4.78 is 29.1. The fourth-order valence-corrected chi connectivity index (χ4v) is 1.96. The highest BCUT2D eigenvalue weighted by Crippen LogP contribution is 2.19. The third kappa shape index (κ3) is 3.72. The quantitative estimate of drug-likeness (QED) is 0.365. The lowest BCUT2D eigenvalue weighted by Gasteiger charge is -2.07. The zero-order valence-corrected chi connectivity index (χ0v) is 10.4. The standard InChI is InChI=1S/C12H8BF2NO2S/c14-13(15)18-11(9-4-2-1-3-5-9)8-10(17)12-16-6-7-19-12/h1-8H/b11-8-. The molecule has 0 saturated heterocycles. The number of halogens is 2. The van der Waals surface area contributed by atoms with Gasteiger partial charge in [0.05, 0.1) is 0 Å². The molecule has 0 spiro atoms. The molecule has 0 atom stereocenters.